The molecular weight excluding hydrogens is 443 g/mol. The van der Waals surface area contributed by atoms with Gasteiger partial charge in [-0.25, -0.2) is 12.8 Å². The zero-order valence-corrected chi connectivity index (χ0v) is 18.4. The van der Waals surface area contributed by atoms with Gasteiger partial charge in [-0.2, -0.15) is 0 Å². The maximum Gasteiger partial charge on any atom is 0.262 e. The number of carbonyl (C=O) groups is 1. The molecular formula is C22H20ClFN2O4S. The maximum atomic E-state index is 13.0. The fourth-order valence-corrected chi connectivity index (χ4v) is 4.06. The van der Waals surface area contributed by atoms with Gasteiger partial charge in [-0.3, -0.25) is 9.52 Å². The molecule has 3 rings (SSSR count). The Bertz CT molecular complexity index is 1210. The third-order valence-corrected chi connectivity index (χ3v) is 6.00. The number of carbonyl (C=O) groups excluding carboxylic acids is 1. The molecule has 9 heteroatoms. The van der Waals surface area contributed by atoms with E-state index < -0.39 is 15.8 Å². The molecule has 0 fully saturated rings. The molecule has 0 aromatic heterocycles. The molecule has 0 bridgehead atoms. The number of anilines is 2. The van der Waals surface area contributed by atoms with Gasteiger partial charge in [0.15, 0.2) is 6.61 Å². The van der Waals surface area contributed by atoms with Crippen molar-refractivity contribution in [2.75, 3.05) is 16.6 Å². The Morgan fingerprint density at radius 1 is 1.00 bits per heavy atom. The van der Waals surface area contributed by atoms with E-state index >= 15 is 0 Å². The van der Waals surface area contributed by atoms with Gasteiger partial charge >= 0.3 is 0 Å². The van der Waals surface area contributed by atoms with Crippen LogP contribution >= 0.6 is 11.6 Å². The predicted octanol–water partition coefficient (Wildman–Crippen LogP) is 4.91. The van der Waals surface area contributed by atoms with E-state index in [1.165, 1.54) is 30.3 Å². The van der Waals surface area contributed by atoms with E-state index in [1.807, 2.05) is 6.92 Å². The smallest absolute Gasteiger partial charge is 0.262 e. The first-order valence-electron chi connectivity index (χ1n) is 9.22. The molecule has 3 aromatic rings. The molecule has 31 heavy (non-hydrogen) atoms. The highest BCUT2D eigenvalue weighted by atomic mass is 35.5. The van der Waals surface area contributed by atoms with Crippen LogP contribution < -0.4 is 14.8 Å². The Kier molecular flexibility index (Phi) is 6.82. The Hall–Kier alpha value is -3.10. The summed E-state index contributed by atoms with van der Waals surface area (Å²) in [6.45, 7) is 3.26. The van der Waals surface area contributed by atoms with E-state index in [1.54, 1.807) is 25.1 Å². The highest BCUT2D eigenvalue weighted by Crippen LogP contribution is 2.24. The predicted molar refractivity (Wildman–Crippen MR) is 119 cm³/mol. The summed E-state index contributed by atoms with van der Waals surface area (Å²) in [4.78, 5) is 12.2. The second kappa shape index (κ2) is 9.36. The van der Waals surface area contributed by atoms with Crippen molar-refractivity contribution in [3.63, 3.8) is 0 Å². The van der Waals surface area contributed by atoms with Gasteiger partial charge in [-0.15, -0.1) is 0 Å². The Labute approximate surface area is 185 Å². The fourth-order valence-electron chi connectivity index (χ4n) is 2.74. The SMILES string of the molecule is Cc1ccc(Cl)cc1NC(=O)COc1ccc(S(=O)(=O)Nc2ccc(F)cc2)cc1C. The van der Waals surface area contributed by atoms with Crippen LogP contribution in [0.3, 0.4) is 0 Å². The second-order valence-corrected chi connectivity index (χ2v) is 8.95. The summed E-state index contributed by atoms with van der Waals surface area (Å²) in [6, 6.07) is 14.4. The summed E-state index contributed by atoms with van der Waals surface area (Å²) in [5.41, 5.74) is 2.23. The molecule has 0 aliphatic rings. The normalized spacial score (nSPS) is 11.1. The van der Waals surface area contributed by atoms with Crippen molar-refractivity contribution in [1.29, 1.82) is 0 Å². The molecule has 0 saturated heterocycles. The average molecular weight is 463 g/mol. The number of rotatable bonds is 7. The highest BCUT2D eigenvalue weighted by Gasteiger charge is 2.16. The molecule has 6 nitrogen and oxygen atoms in total. The summed E-state index contributed by atoms with van der Waals surface area (Å²) in [5, 5.41) is 3.23. The van der Waals surface area contributed by atoms with Crippen molar-refractivity contribution >= 4 is 38.9 Å². The molecule has 0 aliphatic carbocycles. The lowest BCUT2D eigenvalue weighted by atomic mass is 10.2. The van der Waals surface area contributed by atoms with Gasteiger partial charge in [0.05, 0.1) is 4.90 Å². The number of hydrogen-bond acceptors (Lipinski definition) is 4. The first-order valence-corrected chi connectivity index (χ1v) is 11.1. The molecule has 3 aromatic carbocycles. The molecule has 1 amide bonds. The van der Waals surface area contributed by atoms with Gasteiger partial charge in [0.1, 0.15) is 11.6 Å². The first kappa shape index (κ1) is 22.6. The Balaban J connectivity index is 1.65. The minimum atomic E-state index is -3.87. The van der Waals surface area contributed by atoms with Crippen LogP contribution in [0.2, 0.25) is 5.02 Å². The van der Waals surface area contributed by atoms with Gasteiger partial charge in [0.25, 0.3) is 15.9 Å². The molecule has 0 aliphatic heterocycles. The number of amides is 1. The second-order valence-electron chi connectivity index (χ2n) is 6.84. The number of benzene rings is 3. The van der Waals surface area contributed by atoms with Gasteiger partial charge in [0, 0.05) is 16.4 Å². The maximum absolute atomic E-state index is 13.0. The van der Waals surface area contributed by atoms with E-state index in [0.29, 0.717) is 22.0 Å². The van der Waals surface area contributed by atoms with Crippen LogP contribution in [-0.4, -0.2) is 20.9 Å². The molecule has 0 spiro atoms. The Morgan fingerprint density at radius 2 is 1.71 bits per heavy atom. The van der Waals surface area contributed by atoms with Crippen molar-refractivity contribution < 1.29 is 22.3 Å². The quantitative estimate of drug-likeness (QED) is 0.522. The van der Waals surface area contributed by atoms with Crippen LogP contribution in [0, 0.1) is 19.7 Å². The molecule has 0 saturated carbocycles. The summed E-state index contributed by atoms with van der Waals surface area (Å²) in [5.74, 6) is -0.465. The number of nitrogens with one attached hydrogen (secondary N) is 2. The van der Waals surface area contributed by atoms with Crippen LogP contribution in [0.4, 0.5) is 15.8 Å². The number of halogens is 2. The number of ether oxygens (including phenoxy) is 1. The third-order valence-electron chi connectivity index (χ3n) is 4.39. The van der Waals surface area contributed by atoms with Crippen LogP contribution in [0.25, 0.3) is 0 Å². The lowest BCUT2D eigenvalue weighted by Gasteiger charge is -2.13. The standard InChI is InChI=1S/C22H20ClFN2O4S/c1-14-3-4-16(23)12-20(14)25-22(27)13-30-21-10-9-19(11-15(21)2)31(28,29)26-18-7-5-17(24)6-8-18/h3-12,26H,13H2,1-2H3,(H,25,27). The van der Waals surface area contributed by atoms with Crippen LogP contribution in [0.1, 0.15) is 11.1 Å². The van der Waals surface area contributed by atoms with Gasteiger partial charge < -0.3 is 10.1 Å². The van der Waals surface area contributed by atoms with Crippen molar-refractivity contribution in [2.24, 2.45) is 0 Å². The molecule has 0 radical (unpaired) electrons. The van der Waals surface area contributed by atoms with E-state index in [2.05, 4.69) is 10.0 Å². The van der Waals surface area contributed by atoms with E-state index in [-0.39, 0.29) is 23.1 Å². The summed E-state index contributed by atoms with van der Waals surface area (Å²) in [7, 11) is -3.87. The molecule has 2 N–H and O–H groups in total. The van der Waals surface area contributed by atoms with E-state index in [0.717, 1.165) is 17.7 Å². The largest absolute Gasteiger partial charge is 0.483 e. The molecule has 0 atom stereocenters. The monoisotopic (exact) mass is 462 g/mol. The molecule has 0 heterocycles. The summed E-state index contributed by atoms with van der Waals surface area (Å²) < 4.78 is 46.0. The zero-order valence-electron chi connectivity index (χ0n) is 16.8. The summed E-state index contributed by atoms with van der Waals surface area (Å²) in [6.07, 6.45) is 0. The number of hydrogen-bond donors (Lipinski definition) is 2. The topological polar surface area (TPSA) is 84.5 Å². The minimum Gasteiger partial charge on any atom is -0.483 e. The Morgan fingerprint density at radius 3 is 2.39 bits per heavy atom. The van der Waals surface area contributed by atoms with Crippen molar-refractivity contribution in [1.82, 2.24) is 0 Å². The zero-order chi connectivity index (χ0) is 22.6. The minimum absolute atomic E-state index is 0.0145. The van der Waals surface area contributed by atoms with Crippen LogP contribution in [0.5, 0.6) is 5.75 Å². The fraction of sp³-hybridized carbons (Fsp3) is 0.136. The molecule has 0 unspecified atom stereocenters. The lowest BCUT2D eigenvalue weighted by molar-refractivity contribution is -0.118. The average Bonchev–Trinajstić information content (AvgIpc) is 2.71. The van der Waals surface area contributed by atoms with E-state index in [4.69, 9.17) is 16.3 Å². The van der Waals surface area contributed by atoms with Crippen molar-refractivity contribution in [3.8, 4) is 5.75 Å². The van der Waals surface area contributed by atoms with Gasteiger partial charge in [-0.1, -0.05) is 17.7 Å². The number of sulfonamides is 1. The van der Waals surface area contributed by atoms with Crippen molar-refractivity contribution in [3.05, 3.63) is 82.6 Å². The summed E-state index contributed by atoms with van der Waals surface area (Å²) >= 11 is 5.95. The van der Waals surface area contributed by atoms with E-state index in [9.17, 15) is 17.6 Å². The van der Waals surface area contributed by atoms with Crippen LogP contribution in [-0.2, 0) is 14.8 Å². The van der Waals surface area contributed by atoms with Gasteiger partial charge in [0.2, 0.25) is 0 Å². The number of aryl methyl sites for hydroxylation is 2. The van der Waals surface area contributed by atoms with Crippen LogP contribution in [0.15, 0.2) is 65.6 Å². The third kappa shape index (κ3) is 5.96. The molecule has 162 valence electrons. The van der Waals surface area contributed by atoms with Crippen molar-refractivity contribution in [2.45, 2.75) is 18.7 Å². The van der Waals surface area contributed by atoms with Gasteiger partial charge in [-0.05, 0) is 79.6 Å². The first-order chi connectivity index (χ1) is 14.6. The lowest BCUT2D eigenvalue weighted by Crippen LogP contribution is -2.21. The highest BCUT2D eigenvalue weighted by molar-refractivity contribution is 7.92.